The van der Waals surface area contributed by atoms with Gasteiger partial charge >= 0.3 is 5.97 Å². The Bertz CT molecular complexity index is 410. The van der Waals surface area contributed by atoms with Crippen molar-refractivity contribution in [2.75, 3.05) is 13.1 Å². The molecule has 0 spiro atoms. The van der Waals surface area contributed by atoms with Gasteiger partial charge in [0.1, 0.15) is 0 Å². The Balaban J connectivity index is 2.17. The van der Waals surface area contributed by atoms with Crippen LogP contribution in [-0.2, 0) is 13.0 Å². The fourth-order valence-electron chi connectivity index (χ4n) is 2.67. The molecule has 0 radical (unpaired) electrons. The molecule has 1 unspecified atom stereocenters. The minimum Gasteiger partial charge on any atom is -0.475 e. The molecule has 0 saturated carbocycles. The molecule has 1 N–H and O–H groups in total. The Morgan fingerprint density at radius 1 is 1.59 bits per heavy atom. The van der Waals surface area contributed by atoms with Crippen molar-refractivity contribution in [3.8, 4) is 0 Å². The second kappa shape index (κ2) is 4.87. The Hall–Kier alpha value is -1.36. The van der Waals surface area contributed by atoms with E-state index >= 15 is 0 Å². The molecule has 5 heteroatoms. The number of aromatic carboxylic acids is 1. The van der Waals surface area contributed by atoms with Crippen LogP contribution in [0.5, 0.6) is 0 Å². The van der Waals surface area contributed by atoms with Gasteiger partial charge in [0.25, 0.3) is 0 Å². The highest BCUT2D eigenvalue weighted by Gasteiger charge is 2.26. The third-order valence-electron chi connectivity index (χ3n) is 3.59. The van der Waals surface area contributed by atoms with Crippen LogP contribution in [0.3, 0.4) is 0 Å². The number of nitrogens with zero attached hydrogens (tertiary/aromatic N) is 3. The number of carboxylic acids is 1. The molecule has 0 aliphatic carbocycles. The molecule has 17 heavy (non-hydrogen) atoms. The second-order valence-electron chi connectivity index (χ2n) is 4.40. The highest BCUT2D eigenvalue weighted by molar-refractivity contribution is 5.83. The van der Waals surface area contributed by atoms with Gasteiger partial charge in [-0.2, -0.15) is 0 Å². The number of imidazole rings is 1. The molecule has 2 rings (SSSR count). The molecule has 1 aromatic heterocycles. The standard InChI is InChI=1S/C12H19N3O2/c1-3-14(4-2)9-5-6-15-10(7-9)8-13-11(15)12(16)17/h8-9H,3-7H2,1-2H3,(H,16,17). The number of carbonyl (C=O) groups is 1. The molecule has 1 aliphatic heterocycles. The van der Waals surface area contributed by atoms with E-state index in [0.29, 0.717) is 6.04 Å². The lowest BCUT2D eigenvalue weighted by Crippen LogP contribution is -2.40. The topological polar surface area (TPSA) is 58.4 Å². The van der Waals surface area contributed by atoms with E-state index in [1.165, 1.54) is 0 Å². The minimum absolute atomic E-state index is 0.179. The molecule has 0 aromatic carbocycles. The average Bonchev–Trinajstić information content (AvgIpc) is 2.73. The summed E-state index contributed by atoms with van der Waals surface area (Å²) in [6, 6.07) is 0.524. The van der Waals surface area contributed by atoms with Gasteiger partial charge in [0.2, 0.25) is 5.82 Å². The summed E-state index contributed by atoms with van der Waals surface area (Å²) in [6.07, 6.45) is 3.62. The molecule has 0 bridgehead atoms. The minimum atomic E-state index is -0.933. The molecule has 1 aromatic rings. The predicted molar refractivity (Wildman–Crippen MR) is 64.2 cm³/mol. The van der Waals surface area contributed by atoms with Gasteiger partial charge in [-0.3, -0.25) is 0 Å². The number of likely N-dealkylation sites (N-methyl/N-ethyl adjacent to an activating group) is 1. The van der Waals surface area contributed by atoms with Crippen LogP contribution in [-0.4, -0.2) is 44.7 Å². The predicted octanol–water partition coefficient (Wildman–Crippen LogP) is 1.24. The van der Waals surface area contributed by atoms with Crippen molar-refractivity contribution in [3.05, 3.63) is 17.7 Å². The molecule has 0 saturated heterocycles. The Kier molecular flexibility index (Phi) is 3.47. The number of hydrogen-bond acceptors (Lipinski definition) is 3. The first kappa shape index (κ1) is 12.1. The van der Waals surface area contributed by atoms with E-state index in [0.717, 1.165) is 38.2 Å². The highest BCUT2D eigenvalue weighted by Crippen LogP contribution is 2.21. The van der Waals surface area contributed by atoms with Crippen molar-refractivity contribution in [2.45, 2.75) is 39.3 Å². The zero-order valence-corrected chi connectivity index (χ0v) is 10.4. The molecule has 0 amide bonds. The van der Waals surface area contributed by atoms with Crippen LogP contribution >= 0.6 is 0 Å². The zero-order chi connectivity index (χ0) is 12.4. The van der Waals surface area contributed by atoms with E-state index in [-0.39, 0.29) is 5.82 Å². The van der Waals surface area contributed by atoms with Crippen LogP contribution < -0.4 is 0 Å². The van der Waals surface area contributed by atoms with Crippen molar-refractivity contribution in [1.29, 1.82) is 0 Å². The SMILES string of the molecule is CCN(CC)C1CCn2c(cnc2C(=O)O)C1. The summed E-state index contributed by atoms with van der Waals surface area (Å²) in [5, 5.41) is 9.00. The molecule has 0 fully saturated rings. The van der Waals surface area contributed by atoms with Crippen LogP contribution in [0.2, 0.25) is 0 Å². The van der Waals surface area contributed by atoms with E-state index in [2.05, 4.69) is 23.7 Å². The summed E-state index contributed by atoms with van der Waals surface area (Å²) in [6.45, 7) is 7.18. The van der Waals surface area contributed by atoms with Gasteiger partial charge < -0.3 is 14.6 Å². The van der Waals surface area contributed by atoms with E-state index in [1.807, 2.05) is 4.57 Å². The fourth-order valence-corrected chi connectivity index (χ4v) is 2.67. The molecule has 94 valence electrons. The van der Waals surface area contributed by atoms with Crippen molar-refractivity contribution in [2.24, 2.45) is 0 Å². The van der Waals surface area contributed by atoms with Crippen LogP contribution in [0, 0.1) is 0 Å². The smallest absolute Gasteiger partial charge is 0.372 e. The number of fused-ring (bicyclic) bond motifs is 1. The largest absolute Gasteiger partial charge is 0.475 e. The number of aromatic nitrogens is 2. The Morgan fingerprint density at radius 2 is 2.29 bits per heavy atom. The Labute approximate surface area is 101 Å². The summed E-state index contributed by atoms with van der Waals surface area (Å²) in [5.41, 5.74) is 1.05. The zero-order valence-electron chi connectivity index (χ0n) is 10.4. The molecular weight excluding hydrogens is 218 g/mol. The molecular formula is C12H19N3O2. The van der Waals surface area contributed by atoms with Gasteiger partial charge in [0, 0.05) is 30.9 Å². The molecule has 5 nitrogen and oxygen atoms in total. The summed E-state index contributed by atoms with van der Waals surface area (Å²) in [7, 11) is 0. The van der Waals surface area contributed by atoms with Crippen LogP contribution in [0.15, 0.2) is 6.20 Å². The maximum absolute atomic E-state index is 11.0. The van der Waals surface area contributed by atoms with E-state index in [9.17, 15) is 4.79 Å². The van der Waals surface area contributed by atoms with Crippen molar-refractivity contribution >= 4 is 5.97 Å². The number of carboxylic acid groups (broad SMARTS) is 1. The lowest BCUT2D eigenvalue weighted by Gasteiger charge is -2.33. The summed E-state index contributed by atoms with van der Waals surface area (Å²) < 4.78 is 1.84. The number of hydrogen-bond donors (Lipinski definition) is 1. The summed E-state index contributed by atoms with van der Waals surface area (Å²) >= 11 is 0. The van der Waals surface area contributed by atoms with Crippen LogP contribution in [0.4, 0.5) is 0 Å². The average molecular weight is 237 g/mol. The van der Waals surface area contributed by atoms with Gasteiger partial charge in [0.15, 0.2) is 0 Å². The molecule has 1 atom stereocenters. The number of rotatable bonds is 4. The third kappa shape index (κ3) is 2.20. The first-order valence-electron chi connectivity index (χ1n) is 6.19. The van der Waals surface area contributed by atoms with E-state index < -0.39 is 5.97 Å². The molecule has 1 aliphatic rings. The van der Waals surface area contributed by atoms with Crippen molar-refractivity contribution in [3.63, 3.8) is 0 Å². The normalized spacial score (nSPS) is 19.4. The van der Waals surface area contributed by atoms with Crippen molar-refractivity contribution in [1.82, 2.24) is 14.5 Å². The summed E-state index contributed by atoms with van der Waals surface area (Å²) in [5.74, 6) is -0.754. The quantitative estimate of drug-likeness (QED) is 0.856. The monoisotopic (exact) mass is 237 g/mol. The maximum atomic E-state index is 11.0. The lowest BCUT2D eigenvalue weighted by atomic mass is 10.0. The lowest BCUT2D eigenvalue weighted by molar-refractivity contribution is 0.0674. The van der Waals surface area contributed by atoms with Crippen LogP contribution in [0.1, 0.15) is 36.6 Å². The maximum Gasteiger partial charge on any atom is 0.372 e. The van der Waals surface area contributed by atoms with E-state index in [4.69, 9.17) is 5.11 Å². The van der Waals surface area contributed by atoms with Crippen molar-refractivity contribution < 1.29 is 9.90 Å². The Morgan fingerprint density at radius 3 is 2.88 bits per heavy atom. The van der Waals surface area contributed by atoms with E-state index in [1.54, 1.807) is 6.20 Å². The van der Waals surface area contributed by atoms with Gasteiger partial charge in [-0.05, 0) is 19.5 Å². The van der Waals surface area contributed by atoms with Crippen LogP contribution in [0.25, 0.3) is 0 Å². The highest BCUT2D eigenvalue weighted by atomic mass is 16.4. The summed E-state index contributed by atoms with van der Waals surface area (Å²) in [4.78, 5) is 17.4. The first-order chi connectivity index (χ1) is 8.17. The second-order valence-corrected chi connectivity index (χ2v) is 4.40. The van der Waals surface area contributed by atoms with Gasteiger partial charge in [-0.15, -0.1) is 0 Å². The van der Waals surface area contributed by atoms with Gasteiger partial charge in [-0.1, -0.05) is 13.8 Å². The first-order valence-corrected chi connectivity index (χ1v) is 6.19. The van der Waals surface area contributed by atoms with Gasteiger partial charge in [-0.25, -0.2) is 9.78 Å². The molecule has 2 heterocycles. The third-order valence-corrected chi connectivity index (χ3v) is 3.59. The fraction of sp³-hybridized carbons (Fsp3) is 0.667. The van der Waals surface area contributed by atoms with Gasteiger partial charge in [0.05, 0.1) is 0 Å².